The summed E-state index contributed by atoms with van der Waals surface area (Å²) < 4.78 is 0. The van der Waals surface area contributed by atoms with Crippen LogP contribution < -0.4 is 5.32 Å². The van der Waals surface area contributed by atoms with E-state index in [2.05, 4.69) is 5.32 Å². The van der Waals surface area contributed by atoms with Crippen molar-refractivity contribution >= 4 is 35.0 Å². The van der Waals surface area contributed by atoms with Crippen molar-refractivity contribution in [2.45, 2.75) is 26.7 Å². The normalized spacial score (nSPS) is 17.9. The standard InChI is InChI=1S/C17H22Cl2N2O2/c1-11(2)9-20-17(23)13-7-16(22)21(10-13)6-5-12-3-4-14(18)8-15(12)19/h3-4,8,11,13H,5-7,9-10H2,1-2H3,(H,20,23). The highest BCUT2D eigenvalue weighted by Crippen LogP contribution is 2.23. The molecular weight excluding hydrogens is 335 g/mol. The average molecular weight is 357 g/mol. The van der Waals surface area contributed by atoms with Gasteiger partial charge in [0.05, 0.1) is 5.92 Å². The van der Waals surface area contributed by atoms with Gasteiger partial charge < -0.3 is 10.2 Å². The highest BCUT2D eigenvalue weighted by molar-refractivity contribution is 6.35. The summed E-state index contributed by atoms with van der Waals surface area (Å²) in [6.07, 6.45) is 0.945. The first kappa shape index (κ1) is 18.1. The summed E-state index contributed by atoms with van der Waals surface area (Å²) in [6, 6.07) is 5.36. The first-order valence-electron chi connectivity index (χ1n) is 7.86. The monoisotopic (exact) mass is 356 g/mol. The van der Waals surface area contributed by atoms with E-state index in [4.69, 9.17) is 23.2 Å². The van der Waals surface area contributed by atoms with E-state index in [0.717, 1.165) is 5.56 Å². The van der Waals surface area contributed by atoms with Crippen molar-refractivity contribution in [1.82, 2.24) is 10.2 Å². The molecule has 1 aliphatic rings. The summed E-state index contributed by atoms with van der Waals surface area (Å²) in [5.74, 6) is 0.153. The predicted molar refractivity (Wildman–Crippen MR) is 92.7 cm³/mol. The van der Waals surface area contributed by atoms with E-state index in [0.29, 0.717) is 42.0 Å². The lowest BCUT2D eigenvalue weighted by molar-refractivity contribution is -0.129. The van der Waals surface area contributed by atoms with E-state index in [1.807, 2.05) is 19.9 Å². The molecule has 126 valence electrons. The Hall–Kier alpha value is -1.26. The molecule has 23 heavy (non-hydrogen) atoms. The van der Waals surface area contributed by atoms with Crippen molar-refractivity contribution in [3.63, 3.8) is 0 Å². The van der Waals surface area contributed by atoms with Gasteiger partial charge in [0.15, 0.2) is 0 Å². The first-order valence-corrected chi connectivity index (χ1v) is 8.62. The Morgan fingerprint density at radius 2 is 2.13 bits per heavy atom. The highest BCUT2D eigenvalue weighted by atomic mass is 35.5. The fraction of sp³-hybridized carbons (Fsp3) is 0.529. The van der Waals surface area contributed by atoms with Gasteiger partial charge in [-0.05, 0) is 30.0 Å². The van der Waals surface area contributed by atoms with E-state index in [1.165, 1.54) is 0 Å². The Kier molecular flexibility index (Phi) is 6.31. The number of halogens is 2. The lowest BCUT2D eigenvalue weighted by Gasteiger charge is -2.17. The van der Waals surface area contributed by atoms with Crippen molar-refractivity contribution in [2.24, 2.45) is 11.8 Å². The molecule has 1 N–H and O–H groups in total. The van der Waals surface area contributed by atoms with Gasteiger partial charge in [-0.25, -0.2) is 0 Å². The summed E-state index contributed by atoms with van der Waals surface area (Å²) in [6.45, 7) is 5.77. The Morgan fingerprint density at radius 1 is 1.39 bits per heavy atom. The molecule has 0 saturated carbocycles. The van der Waals surface area contributed by atoms with E-state index < -0.39 is 0 Å². The second kappa shape index (κ2) is 8.02. The maximum atomic E-state index is 12.1. The van der Waals surface area contributed by atoms with Crippen LogP contribution in [0, 0.1) is 11.8 Å². The molecule has 2 rings (SSSR count). The van der Waals surface area contributed by atoms with E-state index >= 15 is 0 Å². The molecule has 1 fully saturated rings. The Labute approximate surface area is 147 Å². The quantitative estimate of drug-likeness (QED) is 0.850. The summed E-state index contributed by atoms with van der Waals surface area (Å²) in [4.78, 5) is 25.9. The Bertz CT molecular complexity index is 590. The Morgan fingerprint density at radius 3 is 2.78 bits per heavy atom. The molecule has 1 unspecified atom stereocenters. The number of amides is 2. The predicted octanol–water partition coefficient (Wildman–Crippen LogP) is 3.16. The minimum absolute atomic E-state index is 0.0276. The van der Waals surface area contributed by atoms with E-state index in [9.17, 15) is 9.59 Å². The van der Waals surface area contributed by atoms with Crippen LogP contribution in [0.15, 0.2) is 18.2 Å². The third-order valence-corrected chi connectivity index (χ3v) is 4.52. The summed E-state index contributed by atoms with van der Waals surface area (Å²) >= 11 is 12.0. The van der Waals surface area contributed by atoms with Crippen LogP contribution >= 0.6 is 23.2 Å². The summed E-state index contributed by atoms with van der Waals surface area (Å²) in [5.41, 5.74) is 0.955. The molecule has 1 aromatic rings. The largest absolute Gasteiger partial charge is 0.356 e. The molecule has 0 aliphatic carbocycles. The van der Waals surface area contributed by atoms with Crippen LogP contribution in [-0.4, -0.2) is 36.3 Å². The molecule has 0 radical (unpaired) electrons. The molecule has 0 bridgehead atoms. The van der Waals surface area contributed by atoms with E-state index in [-0.39, 0.29) is 24.2 Å². The van der Waals surface area contributed by atoms with Crippen molar-refractivity contribution in [3.05, 3.63) is 33.8 Å². The third-order valence-electron chi connectivity index (χ3n) is 3.94. The van der Waals surface area contributed by atoms with Crippen LogP contribution in [0.1, 0.15) is 25.8 Å². The fourth-order valence-electron chi connectivity index (χ4n) is 2.59. The van der Waals surface area contributed by atoms with Gasteiger partial charge in [-0.3, -0.25) is 9.59 Å². The summed E-state index contributed by atoms with van der Waals surface area (Å²) in [5, 5.41) is 4.10. The molecule has 1 aliphatic heterocycles. The smallest absolute Gasteiger partial charge is 0.225 e. The van der Waals surface area contributed by atoms with Gasteiger partial charge in [0.25, 0.3) is 0 Å². The van der Waals surface area contributed by atoms with Crippen molar-refractivity contribution < 1.29 is 9.59 Å². The topological polar surface area (TPSA) is 49.4 Å². The number of nitrogens with one attached hydrogen (secondary N) is 1. The molecule has 1 atom stereocenters. The van der Waals surface area contributed by atoms with Crippen molar-refractivity contribution in [2.75, 3.05) is 19.6 Å². The second-order valence-electron chi connectivity index (χ2n) is 6.37. The minimum atomic E-state index is -0.248. The molecular formula is C17H22Cl2N2O2. The zero-order valence-corrected chi connectivity index (χ0v) is 15.0. The molecule has 4 nitrogen and oxygen atoms in total. The van der Waals surface area contributed by atoms with Gasteiger partial charge >= 0.3 is 0 Å². The molecule has 2 amide bonds. The molecule has 0 spiro atoms. The molecule has 1 saturated heterocycles. The lowest BCUT2D eigenvalue weighted by Crippen LogP contribution is -2.35. The third kappa shape index (κ3) is 5.11. The van der Waals surface area contributed by atoms with Crippen LogP contribution in [0.4, 0.5) is 0 Å². The zero-order valence-electron chi connectivity index (χ0n) is 13.4. The van der Waals surface area contributed by atoms with Gasteiger partial charge in [-0.2, -0.15) is 0 Å². The van der Waals surface area contributed by atoms with Crippen LogP contribution in [0.2, 0.25) is 10.0 Å². The number of carbonyl (C=O) groups excluding carboxylic acids is 2. The SMILES string of the molecule is CC(C)CNC(=O)C1CC(=O)N(CCc2ccc(Cl)cc2Cl)C1. The fourth-order valence-corrected chi connectivity index (χ4v) is 3.10. The minimum Gasteiger partial charge on any atom is -0.356 e. The maximum Gasteiger partial charge on any atom is 0.225 e. The van der Waals surface area contributed by atoms with E-state index in [1.54, 1.807) is 17.0 Å². The number of benzene rings is 1. The zero-order chi connectivity index (χ0) is 17.0. The van der Waals surface area contributed by atoms with Gasteiger partial charge in [0.1, 0.15) is 0 Å². The number of carbonyl (C=O) groups is 2. The first-order chi connectivity index (χ1) is 10.9. The van der Waals surface area contributed by atoms with Gasteiger partial charge in [-0.1, -0.05) is 43.1 Å². The Balaban J connectivity index is 1.87. The number of rotatable bonds is 6. The number of likely N-dealkylation sites (tertiary alicyclic amines) is 1. The van der Waals surface area contributed by atoms with Crippen LogP contribution in [-0.2, 0) is 16.0 Å². The number of hydrogen-bond donors (Lipinski definition) is 1. The number of hydrogen-bond acceptors (Lipinski definition) is 2. The van der Waals surface area contributed by atoms with Crippen LogP contribution in [0.3, 0.4) is 0 Å². The lowest BCUT2D eigenvalue weighted by atomic mass is 10.1. The summed E-state index contributed by atoms with van der Waals surface area (Å²) in [7, 11) is 0. The van der Waals surface area contributed by atoms with Gasteiger partial charge in [-0.15, -0.1) is 0 Å². The molecule has 1 heterocycles. The number of nitrogens with zero attached hydrogens (tertiary/aromatic N) is 1. The van der Waals surface area contributed by atoms with Gasteiger partial charge in [0, 0.05) is 36.1 Å². The van der Waals surface area contributed by atoms with Crippen LogP contribution in [0.25, 0.3) is 0 Å². The van der Waals surface area contributed by atoms with Gasteiger partial charge in [0.2, 0.25) is 11.8 Å². The maximum absolute atomic E-state index is 12.1. The van der Waals surface area contributed by atoms with Crippen LogP contribution in [0.5, 0.6) is 0 Å². The molecule has 0 aromatic heterocycles. The molecule has 6 heteroatoms. The van der Waals surface area contributed by atoms with Crippen molar-refractivity contribution in [3.8, 4) is 0 Å². The van der Waals surface area contributed by atoms with Crippen molar-refractivity contribution in [1.29, 1.82) is 0 Å². The second-order valence-corrected chi connectivity index (χ2v) is 7.21. The highest BCUT2D eigenvalue weighted by Gasteiger charge is 2.33. The average Bonchev–Trinajstić information content (AvgIpc) is 2.85. The molecule has 1 aromatic carbocycles.